The van der Waals surface area contributed by atoms with Crippen LogP contribution in [-0.4, -0.2) is 34.2 Å². The van der Waals surface area contributed by atoms with Crippen molar-refractivity contribution < 1.29 is 19.8 Å². The third-order valence-corrected chi connectivity index (χ3v) is 3.20. The normalized spacial score (nSPS) is 13.7. The topological polar surface area (TPSA) is 86.6 Å². The molecule has 0 bridgehead atoms. The van der Waals surface area contributed by atoms with Gasteiger partial charge in [0, 0.05) is 21.1 Å². The molecule has 3 N–H and O–H groups in total. The molecule has 1 aromatic carbocycles. The second-order valence-corrected chi connectivity index (χ2v) is 6.24. The van der Waals surface area contributed by atoms with Gasteiger partial charge < -0.3 is 15.5 Å². The van der Waals surface area contributed by atoms with Gasteiger partial charge in [0.2, 0.25) is 0 Å². The summed E-state index contributed by atoms with van der Waals surface area (Å²) in [6.07, 6.45) is -0.435. The van der Waals surface area contributed by atoms with Crippen LogP contribution in [0.25, 0.3) is 0 Å². The number of benzene rings is 1. The second kappa shape index (κ2) is 6.49. The summed E-state index contributed by atoms with van der Waals surface area (Å²) >= 11 is 6.54. The number of nitrogens with one attached hydrogen (secondary N) is 1. The van der Waals surface area contributed by atoms with Crippen molar-refractivity contribution in [2.45, 2.75) is 18.9 Å². The highest BCUT2D eigenvalue weighted by molar-refractivity contribution is 9.11. The van der Waals surface area contributed by atoms with Crippen LogP contribution in [0, 0.1) is 0 Å². The highest BCUT2D eigenvalue weighted by Crippen LogP contribution is 2.20. The zero-order valence-corrected chi connectivity index (χ0v) is 13.3. The lowest BCUT2D eigenvalue weighted by atomic mass is 10.0. The Balaban J connectivity index is 2.67. The van der Waals surface area contributed by atoms with Gasteiger partial charge in [-0.15, -0.1) is 0 Å². The molecule has 0 radical (unpaired) electrons. The number of aliphatic hydroxyl groups is 1. The number of hydrogen-bond donors (Lipinski definition) is 3. The minimum Gasteiger partial charge on any atom is -0.481 e. The van der Waals surface area contributed by atoms with Gasteiger partial charge in [-0.05, 0) is 25.1 Å². The Bertz CT molecular complexity index is 482. The van der Waals surface area contributed by atoms with E-state index in [1.54, 1.807) is 18.2 Å². The minimum absolute atomic E-state index is 0.137. The maximum atomic E-state index is 11.9. The maximum absolute atomic E-state index is 11.9. The highest BCUT2D eigenvalue weighted by atomic mass is 79.9. The van der Waals surface area contributed by atoms with E-state index in [1.807, 2.05) is 0 Å². The van der Waals surface area contributed by atoms with Crippen molar-refractivity contribution in [2.75, 3.05) is 6.54 Å². The molecule has 1 atom stereocenters. The standard InChI is InChI=1S/C12H13Br2NO4/c1-12(19,5-10(16)17)6-15-11(18)7-2-8(13)4-9(14)3-7/h2-4,19H,5-6H2,1H3,(H,15,18)(H,16,17). The molecule has 0 aliphatic carbocycles. The number of carbonyl (C=O) groups excluding carboxylic acids is 1. The monoisotopic (exact) mass is 393 g/mol. The fourth-order valence-electron chi connectivity index (χ4n) is 1.45. The molecule has 0 spiro atoms. The molecule has 0 aromatic heterocycles. The van der Waals surface area contributed by atoms with Crippen molar-refractivity contribution in [2.24, 2.45) is 0 Å². The molecule has 19 heavy (non-hydrogen) atoms. The van der Waals surface area contributed by atoms with Crippen molar-refractivity contribution in [3.8, 4) is 0 Å². The first-order chi connectivity index (χ1) is 8.69. The lowest BCUT2D eigenvalue weighted by Crippen LogP contribution is -2.42. The molecule has 0 saturated heterocycles. The van der Waals surface area contributed by atoms with E-state index in [0.29, 0.717) is 5.56 Å². The summed E-state index contributed by atoms with van der Waals surface area (Å²) in [5.41, 5.74) is -1.07. The molecule has 1 unspecified atom stereocenters. The van der Waals surface area contributed by atoms with E-state index in [-0.39, 0.29) is 12.5 Å². The number of carboxylic acids is 1. The van der Waals surface area contributed by atoms with Crippen LogP contribution >= 0.6 is 31.9 Å². The summed E-state index contributed by atoms with van der Waals surface area (Å²) in [5, 5.41) is 20.9. The summed E-state index contributed by atoms with van der Waals surface area (Å²) in [6.45, 7) is 1.22. The van der Waals surface area contributed by atoms with Crippen molar-refractivity contribution in [1.82, 2.24) is 5.32 Å². The Morgan fingerprint density at radius 3 is 2.26 bits per heavy atom. The highest BCUT2D eigenvalue weighted by Gasteiger charge is 2.25. The Labute approximate surface area is 127 Å². The van der Waals surface area contributed by atoms with E-state index in [0.717, 1.165) is 8.95 Å². The molecule has 0 fully saturated rings. The molecule has 0 heterocycles. The van der Waals surface area contributed by atoms with Gasteiger partial charge in [0.15, 0.2) is 0 Å². The first-order valence-electron chi connectivity index (χ1n) is 5.38. The molecule has 1 rings (SSSR count). The molecule has 7 heteroatoms. The van der Waals surface area contributed by atoms with E-state index in [2.05, 4.69) is 37.2 Å². The molecular formula is C12H13Br2NO4. The smallest absolute Gasteiger partial charge is 0.306 e. The van der Waals surface area contributed by atoms with E-state index >= 15 is 0 Å². The second-order valence-electron chi connectivity index (χ2n) is 4.41. The van der Waals surface area contributed by atoms with Crippen LogP contribution < -0.4 is 5.32 Å². The third kappa shape index (κ3) is 5.71. The molecule has 1 amide bonds. The quantitative estimate of drug-likeness (QED) is 0.714. The number of carboxylic acid groups (broad SMARTS) is 1. The molecule has 5 nitrogen and oxygen atoms in total. The van der Waals surface area contributed by atoms with Crippen LogP contribution in [0.5, 0.6) is 0 Å². The van der Waals surface area contributed by atoms with Crippen molar-refractivity contribution in [1.29, 1.82) is 0 Å². The van der Waals surface area contributed by atoms with Crippen LogP contribution in [0.4, 0.5) is 0 Å². The number of halogens is 2. The van der Waals surface area contributed by atoms with Gasteiger partial charge in [-0.1, -0.05) is 31.9 Å². The van der Waals surface area contributed by atoms with Crippen LogP contribution in [0.3, 0.4) is 0 Å². The average Bonchev–Trinajstić information content (AvgIpc) is 2.22. The Hall–Kier alpha value is -0.920. The number of carbonyl (C=O) groups is 2. The Morgan fingerprint density at radius 2 is 1.79 bits per heavy atom. The van der Waals surface area contributed by atoms with Gasteiger partial charge in [0.25, 0.3) is 5.91 Å². The van der Waals surface area contributed by atoms with Gasteiger partial charge in [0.05, 0.1) is 12.0 Å². The van der Waals surface area contributed by atoms with E-state index in [9.17, 15) is 14.7 Å². The van der Waals surface area contributed by atoms with Crippen LogP contribution in [-0.2, 0) is 4.79 Å². The first-order valence-corrected chi connectivity index (χ1v) is 6.97. The van der Waals surface area contributed by atoms with Crippen molar-refractivity contribution in [3.05, 3.63) is 32.7 Å². The predicted octanol–water partition coefficient (Wildman–Crippen LogP) is 2.17. The Morgan fingerprint density at radius 1 is 1.26 bits per heavy atom. The SMILES string of the molecule is CC(O)(CNC(=O)c1cc(Br)cc(Br)c1)CC(=O)O. The van der Waals surface area contributed by atoms with Gasteiger partial charge in [0.1, 0.15) is 0 Å². The largest absolute Gasteiger partial charge is 0.481 e. The zero-order chi connectivity index (χ0) is 14.6. The molecule has 0 aliphatic rings. The summed E-state index contributed by atoms with van der Waals surface area (Å²) < 4.78 is 1.48. The third-order valence-electron chi connectivity index (χ3n) is 2.29. The van der Waals surface area contributed by atoms with Crippen molar-refractivity contribution >= 4 is 43.7 Å². The predicted molar refractivity (Wildman–Crippen MR) is 77.1 cm³/mol. The summed E-state index contributed by atoms with van der Waals surface area (Å²) in [4.78, 5) is 22.4. The van der Waals surface area contributed by atoms with Gasteiger partial charge in [-0.3, -0.25) is 9.59 Å². The molecule has 1 aromatic rings. The van der Waals surface area contributed by atoms with Crippen LogP contribution in [0.2, 0.25) is 0 Å². The number of amides is 1. The molecule has 0 saturated carbocycles. The lowest BCUT2D eigenvalue weighted by Gasteiger charge is -2.21. The fourth-order valence-corrected chi connectivity index (χ4v) is 2.74. The zero-order valence-electron chi connectivity index (χ0n) is 10.1. The summed E-state index contributed by atoms with van der Waals surface area (Å²) in [7, 11) is 0. The number of hydrogen-bond acceptors (Lipinski definition) is 3. The van der Waals surface area contributed by atoms with Gasteiger partial charge in [-0.2, -0.15) is 0 Å². The van der Waals surface area contributed by atoms with E-state index in [1.165, 1.54) is 6.92 Å². The maximum Gasteiger partial charge on any atom is 0.306 e. The molecular weight excluding hydrogens is 382 g/mol. The van der Waals surface area contributed by atoms with Gasteiger partial charge >= 0.3 is 5.97 Å². The lowest BCUT2D eigenvalue weighted by molar-refractivity contribution is -0.141. The number of rotatable bonds is 5. The Kier molecular flexibility index (Phi) is 5.51. The summed E-state index contributed by atoms with van der Waals surface area (Å²) in [6, 6.07) is 5.05. The van der Waals surface area contributed by atoms with Crippen molar-refractivity contribution in [3.63, 3.8) is 0 Å². The van der Waals surface area contributed by atoms with E-state index in [4.69, 9.17) is 5.11 Å². The van der Waals surface area contributed by atoms with E-state index < -0.39 is 18.0 Å². The summed E-state index contributed by atoms with van der Waals surface area (Å²) in [5.74, 6) is -1.50. The van der Waals surface area contributed by atoms with Crippen LogP contribution in [0.1, 0.15) is 23.7 Å². The first kappa shape index (κ1) is 16.1. The molecule has 0 aliphatic heterocycles. The van der Waals surface area contributed by atoms with Gasteiger partial charge in [-0.25, -0.2) is 0 Å². The fraction of sp³-hybridized carbons (Fsp3) is 0.333. The minimum atomic E-state index is -1.48. The molecule has 104 valence electrons. The van der Waals surface area contributed by atoms with Crippen LogP contribution in [0.15, 0.2) is 27.1 Å². The number of aliphatic carboxylic acids is 1. The average molecular weight is 395 g/mol.